The molecule has 0 aliphatic rings. The number of ether oxygens (including phenoxy) is 2. The second-order valence-electron chi connectivity index (χ2n) is 10.6. The molecule has 0 bridgehead atoms. The molecule has 2 nitrogen and oxygen atoms in total. The van der Waals surface area contributed by atoms with Crippen LogP contribution in [0.25, 0.3) is 0 Å². The maximum atomic E-state index is 13.1. The Labute approximate surface area is 215 Å². The molecule has 0 amide bonds. The summed E-state index contributed by atoms with van der Waals surface area (Å²) in [5, 5.41) is 0. The number of alkyl halides is 3. The molecule has 0 N–H and O–H groups in total. The molecule has 0 fully saturated rings. The molecule has 8 heteroatoms. The Morgan fingerprint density at radius 3 is 2.00 bits per heavy atom. The van der Waals surface area contributed by atoms with Gasteiger partial charge < -0.3 is 23.3 Å². The molecule has 2 unspecified atom stereocenters. The van der Waals surface area contributed by atoms with Gasteiger partial charge in [0.2, 0.25) is 0 Å². The van der Waals surface area contributed by atoms with E-state index in [0.29, 0.717) is 23.7 Å². The molecular formula is C29H51F3O2PRf2-. The molecule has 210 valence electrons. The van der Waals surface area contributed by atoms with Crippen LogP contribution in [0.15, 0.2) is 24.3 Å². The predicted octanol–water partition coefficient (Wildman–Crippen LogP) is 9.66. The molecule has 0 saturated heterocycles. The van der Waals surface area contributed by atoms with Crippen molar-refractivity contribution >= 4 is 7.26 Å². The summed E-state index contributed by atoms with van der Waals surface area (Å²) in [7, 11) is -0.0261. The van der Waals surface area contributed by atoms with Crippen molar-refractivity contribution in [3.05, 3.63) is 43.7 Å². The number of hydrogen-bond acceptors (Lipinski definition) is 2. The molecule has 0 aliphatic heterocycles. The third kappa shape index (κ3) is 15.1. The van der Waals surface area contributed by atoms with Gasteiger partial charge in [0.25, 0.3) is 0 Å². The van der Waals surface area contributed by atoms with Crippen molar-refractivity contribution in [1.82, 2.24) is 0 Å². The van der Waals surface area contributed by atoms with Crippen LogP contribution in [0, 0.1) is 25.2 Å². The SMILES string of the molecule is CC.[CH2-]C[P+](C[CH2-])(CCCCCCOc1cccc(C(OC)C(F)(F)F)c1)CC(C)CC(C)(C)C.[Rf].[Rf]. The van der Waals surface area contributed by atoms with E-state index >= 15 is 0 Å². The van der Waals surface area contributed by atoms with Crippen LogP contribution in [0.3, 0.4) is 0 Å². The zero-order valence-corrected chi connectivity index (χ0v) is 38.5. The van der Waals surface area contributed by atoms with Crippen molar-refractivity contribution in [3.8, 4) is 5.75 Å². The standard InChI is InChI=1S/C27H45F3O2P.C2H6.2Rf/c1-8-33(9-2,21-22(3)20-26(4,5)6)18-13-11-10-12-17-32-24-16-14-15-23(19-24)25(31-7)27(28,29)30;1-2;;/h14-16,19,22,25H,1-2,8-13,17-18,20-21H2,3-7H3;1-2H3;;/q-1;;;. The zero-order valence-electron chi connectivity index (χ0n) is 24.8. The van der Waals surface area contributed by atoms with E-state index < -0.39 is 19.5 Å². The number of unbranched alkanes of at least 4 members (excludes halogenated alkanes) is 3. The summed E-state index contributed by atoms with van der Waals surface area (Å²) in [5.41, 5.74) is 0.415. The van der Waals surface area contributed by atoms with Crippen LogP contribution in [-0.4, -0.2) is 44.5 Å². The summed E-state index contributed by atoms with van der Waals surface area (Å²) in [6.07, 6.45) is 3.74. The van der Waals surface area contributed by atoms with Crippen LogP contribution in [0.1, 0.15) is 85.3 Å². The normalized spacial score (nSPS) is 13.4. The molecule has 2 atom stereocenters. The second-order valence-corrected chi connectivity index (χ2v) is 14.9. The van der Waals surface area contributed by atoms with Crippen LogP contribution < -0.4 is 4.74 Å². The van der Waals surface area contributed by atoms with Crippen LogP contribution in [0.5, 0.6) is 5.75 Å². The number of hydrogen-bond donors (Lipinski definition) is 0. The van der Waals surface area contributed by atoms with Crippen LogP contribution >= 0.6 is 7.26 Å². The Kier molecular flexibility index (Phi) is 19.3. The summed E-state index contributed by atoms with van der Waals surface area (Å²) in [4.78, 5) is 0. The average molecular weight is 1050 g/mol. The van der Waals surface area contributed by atoms with E-state index in [-0.39, 0.29) is 5.56 Å². The summed E-state index contributed by atoms with van der Waals surface area (Å²) in [6.45, 7) is 22.4. The first kappa shape index (κ1) is 38.7. The molecule has 0 aromatic heterocycles. The molecule has 0 spiro atoms. The Hall–Kier alpha value is -2.80. The molecule has 37 heavy (non-hydrogen) atoms. The minimum atomic E-state index is -4.45. The molecule has 1 aromatic carbocycles. The monoisotopic (exact) mass is 1050 g/mol. The van der Waals surface area contributed by atoms with E-state index in [1.807, 2.05) is 13.8 Å². The maximum Gasteiger partial charge on any atom is 0.418 e. The fourth-order valence-electron chi connectivity index (χ4n) is 4.70. The quantitative estimate of drug-likeness (QED) is 0.0991. The largest absolute Gasteiger partial charge is 0.494 e. The van der Waals surface area contributed by atoms with Gasteiger partial charge in [0.1, 0.15) is 5.75 Å². The topological polar surface area (TPSA) is 18.5 Å². The number of benzene rings is 1. The van der Waals surface area contributed by atoms with Crippen molar-refractivity contribution in [2.45, 2.75) is 85.9 Å². The molecule has 1 aromatic rings. The Morgan fingerprint density at radius 1 is 0.946 bits per heavy atom. The van der Waals surface area contributed by atoms with E-state index in [1.54, 1.807) is 12.1 Å². The molecule has 0 saturated carbocycles. The van der Waals surface area contributed by atoms with Gasteiger partial charge in [-0.25, -0.2) is 0 Å². The van der Waals surface area contributed by atoms with E-state index in [1.165, 1.54) is 37.3 Å². The van der Waals surface area contributed by atoms with Gasteiger partial charge in [-0.2, -0.15) is 13.2 Å². The van der Waals surface area contributed by atoms with Gasteiger partial charge in [0.05, 0.1) is 18.9 Å². The smallest absolute Gasteiger partial charge is 0.418 e. The Morgan fingerprint density at radius 2 is 1.51 bits per heavy atom. The van der Waals surface area contributed by atoms with E-state index in [9.17, 15) is 13.2 Å². The Bertz CT molecular complexity index is 678. The van der Waals surface area contributed by atoms with Crippen molar-refractivity contribution in [1.29, 1.82) is 0 Å². The van der Waals surface area contributed by atoms with E-state index in [4.69, 9.17) is 4.74 Å². The summed E-state index contributed by atoms with van der Waals surface area (Å²) < 4.78 is 49.5. The van der Waals surface area contributed by atoms with Gasteiger partial charge in [-0.05, 0) is 68.4 Å². The predicted molar refractivity (Wildman–Crippen MR) is 148 cm³/mol. The van der Waals surface area contributed by atoms with Crippen molar-refractivity contribution in [3.63, 3.8) is 0 Å². The van der Waals surface area contributed by atoms with Crippen molar-refractivity contribution in [2.24, 2.45) is 11.3 Å². The minimum Gasteiger partial charge on any atom is -0.494 e. The fraction of sp³-hybridized carbons (Fsp3) is 0.724. The van der Waals surface area contributed by atoms with Gasteiger partial charge in [-0.15, -0.1) is 0 Å². The summed E-state index contributed by atoms with van der Waals surface area (Å²) in [5.74, 6) is 1.16. The Balaban J connectivity index is -0.00000281. The maximum absolute atomic E-state index is 13.1. The van der Waals surface area contributed by atoms with Gasteiger partial charge >= 0.3 is 6.18 Å². The average Bonchev–Trinajstić information content (AvgIpc) is 2.77. The van der Waals surface area contributed by atoms with E-state index in [2.05, 4.69) is 46.3 Å². The number of methoxy groups -OCH3 is 1. The van der Waals surface area contributed by atoms with Crippen molar-refractivity contribution < 1.29 is 22.6 Å². The number of rotatable bonds is 15. The van der Waals surface area contributed by atoms with E-state index in [0.717, 1.165) is 38.7 Å². The molecule has 0 heterocycles. The van der Waals surface area contributed by atoms with Gasteiger partial charge in [-0.1, -0.05) is 66.0 Å². The first-order valence-corrected chi connectivity index (χ1v) is 15.6. The van der Waals surface area contributed by atoms with Crippen LogP contribution in [0.2, 0.25) is 0 Å². The van der Waals surface area contributed by atoms with Crippen LogP contribution in [0.4, 0.5) is 13.2 Å². The minimum absolute atomic E-state index is 0. The zero-order chi connectivity index (χ0) is 27.1. The van der Waals surface area contributed by atoms with Gasteiger partial charge in [-0.3, -0.25) is 0 Å². The number of halogens is 3. The molecule has 0 aliphatic carbocycles. The second kappa shape index (κ2) is 18.4. The van der Waals surface area contributed by atoms with Gasteiger partial charge in [0.15, 0.2) is 6.10 Å². The third-order valence-electron chi connectivity index (χ3n) is 6.10. The van der Waals surface area contributed by atoms with Crippen molar-refractivity contribution in [2.75, 3.05) is 38.4 Å². The summed E-state index contributed by atoms with van der Waals surface area (Å²) >= 11 is 0. The fourth-order valence-corrected chi connectivity index (χ4v) is 8.26. The molecule has 0 radical (unpaired) electrons. The summed E-state index contributed by atoms with van der Waals surface area (Å²) in [6, 6.07) is 6.09. The molecular weight excluding hydrogens is 1000 g/mol. The first-order valence-electron chi connectivity index (χ1n) is 13.1. The van der Waals surface area contributed by atoms with Crippen LogP contribution in [-0.2, 0) is 4.74 Å². The third-order valence-corrected chi connectivity index (χ3v) is 10.7. The first-order chi connectivity index (χ1) is 16.4. The van der Waals surface area contributed by atoms with Gasteiger partial charge in [0, 0.05) is 7.11 Å². The molecule has 1 rings (SSSR count).